The quantitative estimate of drug-likeness (QED) is 0.780. The lowest BCUT2D eigenvalue weighted by Crippen LogP contribution is -1.98. The molecule has 0 bridgehead atoms. The van der Waals surface area contributed by atoms with Gasteiger partial charge in [-0.1, -0.05) is 53.8 Å². The number of anilines is 1. The molecule has 1 heterocycles. The van der Waals surface area contributed by atoms with Crippen molar-refractivity contribution in [2.45, 2.75) is 6.54 Å². The first-order valence-electron chi connectivity index (χ1n) is 6.59. The van der Waals surface area contributed by atoms with Crippen LogP contribution in [0.15, 0.2) is 60.8 Å². The van der Waals surface area contributed by atoms with Gasteiger partial charge in [-0.05, 0) is 23.3 Å². The van der Waals surface area contributed by atoms with Gasteiger partial charge in [0.1, 0.15) is 0 Å². The fourth-order valence-corrected chi connectivity index (χ4v) is 2.78. The number of nitriles is 1. The Bertz CT molecular complexity index is 755. The molecule has 0 saturated heterocycles. The van der Waals surface area contributed by atoms with Gasteiger partial charge in [0.2, 0.25) is 0 Å². The van der Waals surface area contributed by atoms with Crippen LogP contribution in [0.2, 0.25) is 0 Å². The summed E-state index contributed by atoms with van der Waals surface area (Å²) in [6, 6.07) is 19.9. The Labute approximate surface area is 127 Å². The molecule has 3 aromatic rings. The number of thiazole rings is 1. The van der Waals surface area contributed by atoms with Crippen LogP contribution in [-0.4, -0.2) is 4.98 Å². The van der Waals surface area contributed by atoms with Gasteiger partial charge in [0.15, 0.2) is 5.13 Å². The molecule has 1 aromatic heterocycles. The number of benzene rings is 2. The third kappa shape index (κ3) is 3.28. The zero-order chi connectivity index (χ0) is 14.5. The van der Waals surface area contributed by atoms with E-state index < -0.39 is 0 Å². The van der Waals surface area contributed by atoms with Crippen LogP contribution >= 0.6 is 11.3 Å². The Morgan fingerprint density at radius 3 is 2.52 bits per heavy atom. The second kappa shape index (κ2) is 6.21. The number of nitrogens with one attached hydrogen (secondary N) is 1. The fourth-order valence-electron chi connectivity index (χ4n) is 1.97. The molecule has 3 nitrogen and oxygen atoms in total. The van der Waals surface area contributed by atoms with Gasteiger partial charge in [0.05, 0.1) is 16.5 Å². The molecule has 0 amide bonds. The number of rotatable bonds is 4. The predicted molar refractivity (Wildman–Crippen MR) is 86.0 cm³/mol. The molecule has 0 atom stereocenters. The Hall–Kier alpha value is -2.64. The van der Waals surface area contributed by atoms with Crippen molar-refractivity contribution in [1.29, 1.82) is 5.26 Å². The molecule has 0 aliphatic heterocycles. The van der Waals surface area contributed by atoms with E-state index in [1.54, 1.807) is 11.3 Å². The average molecular weight is 291 g/mol. The monoisotopic (exact) mass is 291 g/mol. The standard InChI is InChI=1S/C17H13N3S/c18-10-13-6-8-14(9-7-13)11-19-17-20-12-16(21-17)15-4-2-1-3-5-15/h1-9,12H,11H2,(H,19,20). The van der Waals surface area contributed by atoms with Crippen LogP contribution in [0.5, 0.6) is 0 Å². The predicted octanol–water partition coefficient (Wildman–Crippen LogP) is 4.29. The highest BCUT2D eigenvalue weighted by molar-refractivity contribution is 7.18. The second-order valence-electron chi connectivity index (χ2n) is 4.56. The minimum Gasteiger partial charge on any atom is -0.357 e. The molecular formula is C17H13N3S. The van der Waals surface area contributed by atoms with E-state index in [1.807, 2.05) is 48.7 Å². The lowest BCUT2D eigenvalue weighted by Gasteiger charge is -2.02. The van der Waals surface area contributed by atoms with Crippen molar-refractivity contribution < 1.29 is 0 Å². The van der Waals surface area contributed by atoms with Crippen molar-refractivity contribution in [2.75, 3.05) is 5.32 Å². The molecule has 2 aromatic carbocycles. The summed E-state index contributed by atoms with van der Waals surface area (Å²) in [6.45, 7) is 0.702. The van der Waals surface area contributed by atoms with Crippen LogP contribution in [0.1, 0.15) is 11.1 Å². The highest BCUT2D eigenvalue weighted by Gasteiger charge is 2.03. The molecule has 0 aliphatic carbocycles. The first kappa shape index (κ1) is 13.3. The third-order valence-electron chi connectivity index (χ3n) is 3.09. The van der Waals surface area contributed by atoms with Gasteiger partial charge in [0, 0.05) is 12.7 Å². The van der Waals surface area contributed by atoms with Crippen LogP contribution in [0.3, 0.4) is 0 Å². The first-order valence-corrected chi connectivity index (χ1v) is 7.41. The third-order valence-corrected chi connectivity index (χ3v) is 4.09. The molecule has 102 valence electrons. The molecule has 0 saturated carbocycles. The van der Waals surface area contributed by atoms with Crippen LogP contribution in [-0.2, 0) is 6.54 Å². The fraction of sp³-hybridized carbons (Fsp3) is 0.0588. The highest BCUT2D eigenvalue weighted by atomic mass is 32.1. The SMILES string of the molecule is N#Cc1ccc(CNc2ncc(-c3ccccc3)s2)cc1. The summed E-state index contributed by atoms with van der Waals surface area (Å²) in [5.74, 6) is 0. The lowest BCUT2D eigenvalue weighted by atomic mass is 10.1. The summed E-state index contributed by atoms with van der Waals surface area (Å²) in [7, 11) is 0. The van der Waals surface area contributed by atoms with Gasteiger partial charge in [-0.15, -0.1) is 0 Å². The molecule has 0 fully saturated rings. The normalized spacial score (nSPS) is 10.0. The summed E-state index contributed by atoms with van der Waals surface area (Å²) in [5.41, 5.74) is 2.99. The van der Waals surface area contributed by atoms with Gasteiger partial charge < -0.3 is 5.32 Å². The molecule has 0 radical (unpaired) electrons. The van der Waals surface area contributed by atoms with E-state index in [9.17, 15) is 0 Å². The van der Waals surface area contributed by atoms with E-state index in [1.165, 1.54) is 5.56 Å². The van der Waals surface area contributed by atoms with Crippen molar-refractivity contribution in [2.24, 2.45) is 0 Å². The van der Waals surface area contributed by atoms with Gasteiger partial charge >= 0.3 is 0 Å². The zero-order valence-electron chi connectivity index (χ0n) is 11.3. The van der Waals surface area contributed by atoms with Crippen LogP contribution in [0.4, 0.5) is 5.13 Å². The first-order chi connectivity index (χ1) is 10.3. The van der Waals surface area contributed by atoms with Crippen molar-refractivity contribution in [3.63, 3.8) is 0 Å². The van der Waals surface area contributed by atoms with Gasteiger partial charge in [0.25, 0.3) is 0 Å². The summed E-state index contributed by atoms with van der Waals surface area (Å²) in [6.07, 6.45) is 1.89. The van der Waals surface area contributed by atoms with E-state index in [2.05, 4.69) is 28.5 Å². The molecular weight excluding hydrogens is 278 g/mol. The van der Waals surface area contributed by atoms with E-state index in [-0.39, 0.29) is 0 Å². The molecule has 0 unspecified atom stereocenters. The van der Waals surface area contributed by atoms with Gasteiger partial charge in [-0.25, -0.2) is 4.98 Å². The van der Waals surface area contributed by atoms with E-state index in [0.29, 0.717) is 12.1 Å². The van der Waals surface area contributed by atoms with E-state index in [4.69, 9.17) is 5.26 Å². The minimum atomic E-state index is 0.680. The maximum atomic E-state index is 8.77. The Kier molecular flexibility index (Phi) is 3.95. The molecule has 1 N–H and O–H groups in total. The number of hydrogen-bond donors (Lipinski definition) is 1. The van der Waals surface area contributed by atoms with Crippen molar-refractivity contribution in [1.82, 2.24) is 4.98 Å². The number of aromatic nitrogens is 1. The highest BCUT2D eigenvalue weighted by Crippen LogP contribution is 2.28. The number of hydrogen-bond acceptors (Lipinski definition) is 4. The summed E-state index contributed by atoms with van der Waals surface area (Å²) in [4.78, 5) is 5.55. The Morgan fingerprint density at radius 2 is 1.81 bits per heavy atom. The van der Waals surface area contributed by atoms with E-state index >= 15 is 0 Å². The lowest BCUT2D eigenvalue weighted by molar-refractivity contribution is 1.13. The second-order valence-corrected chi connectivity index (χ2v) is 5.59. The zero-order valence-corrected chi connectivity index (χ0v) is 12.1. The van der Waals surface area contributed by atoms with Crippen LogP contribution < -0.4 is 5.32 Å². The van der Waals surface area contributed by atoms with Crippen molar-refractivity contribution in [3.05, 3.63) is 71.9 Å². The Balaban J connectivity index is 1.66. The molecule has 0 spiro atoms. The summed E-state index contributed by atoms with van der Waals surface area (Å²) < 4.78 is 0. The smallest absolute Gasteiger partial charge is 0.183 e. The molecule has 4 heteroatoms. The van der Waals surface area contributed by atoms with Crippen molar-refractivity contribution >= 4 is 16.5 Å². The number of nitrogens with zero attached hydrogens (tertiary/aromatic N) is 2. The maximum Gasteiger partial charge on any atom is 0.183 e. The van der Waals surface area contributed by atoms with Gasteiger partial charge in [-0.2, -0.15) is 5.26 Å². The molecule has 21 heavy (non-hydrogen) atoms. The molecule has 3 rings (SSSR count). The topological polar surface area (TPSA) is 48.7 Å². The Morgan fingerprint density at radius 1 is 1.05 bits per heavy atom. The average Bonchev–Trinajstić information content (AvgIpc) is 3.03. The largest absolute Gasteiger partial charge is 0.357 e. The van der Waals surface area contributed by atoms with Crippen LogP contribution in [0.25, 0.3) is 10.4 Å². The minimum absolute atomic E-state index is 0.680. The van der Waals surface area contributed by atoms with Crippen LogP contribution in [0, 0.1) is 11.3 Å². The summed E-state index contributed by atoms with van der Waals surface area (Å²) >= 11 is 1.64. The van der Waals surface area contributed by atoms with E-state index in [0.717, 1.165) is 15.6 Å². The van der Waals surface area contributed by atoms with Crippen molar-refractivity contribution in [3.8, 4) is 16.5 Å². The van der Waals surface area contributed by atoms with Gasteiger partial charge in [-0.3, -0.25) is 0 Å². The summed E-state index contributed by atoms with van der Waals surface area (Å²) in [5, 5.41) is 13.0. The maximum absolute atomic E-state index is 8.77. The molecule has 0 aliphatic rings.